The van der Waals surface area contributed by atoms with E-state index in [1.54, 1.807) is 7.11 Å². The number of benzene rings is 1. The van der Waals surface area contributed by atoms with Crippen LogP contribution < -0.4 is 15.8 Å². The summed E-state index contributed by atoms with van der Waals surface area (Å²) < 4.78 is 5.32. The number of rotatable bonds is 6. The Labute approximate surface area is 132 Å². The molecule has 1 amide bonds. The molecule has 0 radical (unpaired) electrons. The second-order valence-electron chi connectivity index (χ2n) is 5.53. The number of carbonyl (C=O) groups is 1. The molecule has 5 heteroatoms. The van der Waals surface area contributed by atoms with E-state index in [-0.39, 0.29) is 23.7 Å². The number of methoxy groups -OCH3 is 1. The summed E-state index contributed by atoms with van der Waals surface area (Å²) in [6, 6.07) is 8.22. The third-order valence-electron chi connectivity index (χ3n) is 4.24. The highest BCUT2D eigenvalue weighted by Gasteiger charge is 2.36. The van der Waals surface area contributed by atoms with Crippen LogP contribution in [0.5, 0.6) is 5.75 Å². The van der Waals surface area contributed by atoms with Crippen molar-refractivity contribution in [3.63, 3.8) is 0 Å². The van der Waals surface area contributed by atoms with Crippen LogP contribution in [0.2, 0.25) is 0 Å². The van der Waals surface area contributed by atoms with Gasteiger partial charge in [-0.25, -0.2) is 0 Å². The van der Waals surface area contributed by atoms with E-state index in [1.807, 2.05) is 12.1 Å². The van der Waals surface area contributed by atoms with E-state index in [0.29, 0.717) is 19.5 Å². The van der Waals surface area contributed by atoms with Crippen LogP contribution in [0.15, 0.2) is 24.3 Å². The molecule has 1 aliphatic carbocycles. The lowest BCUT2D eigenvalue weighted by atomic mass is 9.78. The maximum absolute atomic E-state index is 11.7. The Morgan fingerprint density at radius 3 is 2.71 bits per heavy atom. The first-order chi connectivity index (χ1) is 9.70. The first kappa shape index (κ1) is 17.8. The van der Waals surface area contributed by atoms with Gasteiger partial charge in [0.25, 0.3) is 0 Å². The van der Waals surface area contributed by atoms with Crippen molar-refractivity contribution in [2.24, 2.45) is 5.73 Å². The molecule has 0 spiro atoms. The van der Waals surface area contributed by atoms with Crippen LogP contribution >= 0.6 is 12.4 Å². The minimum atomic E-state index is 0. The van der Waals surface area contributed by atoms with Crippen LogP contribution in [-0.4, -0.2) is 26.1 Å². The summed E-state index contributed by atoms with van der Waals surface area (Å²) >= 11 is 0. The zero-order valence-corrected chi connectivity index (χ0v) is 13.4. The van der Waals surface area contributed by atoms with Crippen LogP contribution in [0, 0.1) is 0 Å². The van der Waals surface area contributed by atoms with Crippen molar-refractivity contribution >= 4 is 18.3 Å². The molecule has 1 aliphatic rings. The number of nitrogens with one attached hydrogen (secondary N) is 1. The summed E-state index contributed by atoms with van der Waals surface area (Å²) in [5, 5.41) is 3.04. The number of hydrogen-bond acceptors (Lipinski definition) is 3. The summed E-state index contributed by atoms with van der Waals surface area (Å²) in [4.78, 5) is 11.7. The molecule has 0 unspecified atom stereocenters. The van der Waals surface area contributed by atoms with Crippen molar-refractivity contribution in [2.45, 2.75) is 37.5 Å². The molecule has 4 nitrogen and oxygen atoms in total. The zero-order valence-electron chi connectivity index (χ0n) is 12.6. The molecular formula is C16H25ClN2O2. The average molecular weight is 313 g/mol. The van der Waals surface area contributed by atoms with Gasteiger partial charge in [0.1, 0.15) is 5.75 Å². The monoisotopic (exact) mass is 312 g/mol. The standard InChI is InChI=1S/C16H24N2O2.ClH/c1-20-14-6-4-5-13(11-14)16(8-2-3-9-16)12-18-15(19)7-10-17;/h4-6,11H,2-3,7-10,12,17H2,1H3,(H,18,19);1H. The lowest BCUT2D eigenvalue weighted by molar-refractivity contribution is -0.121. The molecular weight excluding hydrogens is 288 g/mol. The minimum Gasteiger partial charge on any atom is -0.497 e. The van der Waals surface area contributed by atoms with Crippen LogP contribution in [-0.2, 0) is 10.2 Å². The highest BCUT2D eigenvalue weighted by atomic mass is 35.5. The van der Waals surface area contributed by atoms with E-state index in [9.17, 15) is 4.79 Å². The van der Waals surface area contributed by atoms with Crippen molar-refractivity contribution in [1.82, 2.24) is 5.32 Å². The SMILES string of the molecule is COc1cccc(C2(CNC(=O)CCN)CCCC2)c1.Cl. The fraction of sp³-hybridized carbons (Fsp3) is 0.562. The Balaban J connectivity index is 0.00000220. The predicted octanol–water partition coefficient (Wildman–Crippen LogP) is 2.39. The van der Waals surface area contributed by atoms with E-state index in [2.05, 4.69) is 17.4 Å². The van der Waals surface area contributed by atoms with Crippen molar-refractivity contribution in [3.8, 4) is 5.75 Å². The van der Waals surface area contributed by atoms with Gasteiger partial charge in [-0.15, -0.1) is 12.4 Å². The third-order valence-corrected chi connectivity index (χ3v) is 4.24. The molecule has 0 aliphatic heterocycles. The molecule has 0 bridgehead atoms. The van der Waals surface area contributed by atoms with Gasteiger partial charge in [0.2, 0.25) is 5.91 Å². The van der Waals surface area contributed by atoms with Gasteiger partial charge < -0.3 is 15.8 Å². The van der Waals surface area contributed by atoms with Crippen molar-refractivity contribution in [1.29, 1.82) is 0 Å². The highest BCUT2D eigenvalue weighted by Crippen LogP contribution is 2.41. The highest BCUT2D eigenvalue weighted by molar-refractivity contribution is 5.85. The van der Waals surface area contributed by atoms with Gasteiger partial charge in [0.15, 0.2) is 0 Å². The third kappa shape index (κ3) is 4.35. The second-order valence-corrected chi connectivity index (χ2v) is 5.53. The molecule has 118 valence electrons. The lowest BCUT2D eigenvalue weighted by Gasteiger charge is -2.30. The van der Waals surface area contributed by atoms with E-state index in [4.69, 9.17) is 10.5 Å². The smallest absolute Gasteiger partial charge is 0.221 e. The predicted molar refractivity (Wildman–Crippen MR) is 87.1 cm³/mol. The Morgan fingerprint density at radius 2 is 2.10 bits per heavy atom. The maximum atomic E-state index is 11.7. The zero-order chi connectivity index (χ0) is 14.4. The normalized spacial score (nSPS) is 16.1. The Bertz CT molecular complexity index is 459. The number of halogens is 1. The fourth-order valence-electron chi connectivity index (χ4n) is 3.06. The van der Waals surface area contributed by atoms with Crippen LogP contribution in [0.1, 0.15) is 37.7 Å². The average Bonchev–Trinajstić information content (AvgIpc) is 2.96. The van der Waals surface area contributed by atoms with Crippen molar-refractivity contribution in [2.75, 3.05) is 20.2 Å². The molecule has 21 heavy (non-hydrogen) atoms. The van der Waals surface area contributed by atoms with Gasteiger partial charge in [-0.05, 0) is 30.5 Å². The number of hydrogen-bond donors (Lipinski definition) is 2. The molecule has 1 aromatic rings. The Kier molecular flexibility index (Phi) is 6.99. The largest absolute Gasteiger partial charge is 0.497 e. The topological polar surface area (TPSA) is 64.3 Å². The summed E-state index contributed by atoms with van der Waals surface area (Å²) in [6.45, 7) is 1.09. The van der Waals surface area contributed by atoms with Gasteiger partial charge in [0, 0.05) is 24.9 Å². The van der Waals surface area contributed by atoms with Crippen LogP contribution in [0.3, 0.4) is 0 Å². The second kappa shape index (κ2) is 8.25. The summed E-state index contributed by atoms with van der Waals surface area (Å²) in [5.74, 6) is 0.920. The lowest BCUT2D eigenvalue weighted by Crippen LogP contribution is -2.39. The number of carbonyl (C=O) groups excluding carboxylic acids is 1. The van der Waals surface area contributed by atoms with E-state index < -0.39 is 0 Å². The number of amides is 1. The van der Waals surface area contributed by atoms with Gasteiger partial charge in [-0.2, -0.15) is 0 Å². The van der Waals surface area contributed by atoms with E-state index in [1.165, 1.54) is 18.4 Å². The molecule has 2 rings (SSSR count). The van der Waals surface area contributed by atoms with Crippen LogP contribution in [0.4, 0.5) is 0 Å². The Morgan fingerprint density at radius 1 is 1.38 bits per heavy atom. The van der Waals surface area contributed by atoms with E-state index >= 15 is 0 Å². The molecule has 0 atom stereocenters. The number of ether oxygens (including phenoxy) is 1. The Hall–Kier alpha value is -1.26. The minimum absolute atomic E-state index is 0. The summed E-state index contributed by atoms with van der Waals surface area (Å²) in [5.41, 5.74) is 6.74. The first-order valence-electron chi connectivity index (χ1n) is 7.31. The van der Waals surface area contributed by atoms with E-state index in [0.717, 1.165) is 18.6 Å². The summed E-state index contributed by atoms with van der Waals surface area (Å²) in [6.07, 6.45) is 5.05. The van der Waals surface area contributed by atoms with Crippen LogP contribution in [0.25, 0.3) is 0 Å². The van der Waals surface area contributed by atoms with Gasteiger partial charge in [-0.3, -0.25) is 4.79 Å². The molecule has 1 fully saturated rings. The van der Waals surface area contributed by atoms with Gasteiger partial charge in [-0.1, -0.05) is 25.0 Å². The van der Waals surface area contributed by atoms with Crippen molar-refractivity contribution < 1.29 is 9.53 Å². The molecule has 1 aromatic carbocycles. The number of nitrogens with two attached hydrogens (primary N) is 1. The molecule has 0 aromatic heterocycles. The molecule has 1 saturated carbocycles. The molecule has 0 saturated heterocycles. The van der Waals surface area contributed by atoms with Gasteiger partial charge in [0.05, 0.1) is 7.11 Å². The molecule has 0 heterocycles. The van der Waals surface area contributed by atoms with Crippen molar-refractivity contribution in [3.05, 3.63) is 29.8 Å². The fourth-order valence-corrected chi connectivity index (χ4v) is 3.06. The summed E-state index contributed by atoms with van der Waals surface area (Å²) in [7, 11) is 1.68. The van der Waals surface area contributed by atoms with Gasteiger partial charge >= 0.3 is 0 Å². The quantitative estimate of drug-likeness (QED) is 0.847. The first-order valence-corrected chi connectivity index (χ1v) is 7.31. The molecule has 3 N–H and O–H groups in total. The maximum Gasteiger partial charge on any atom is 0.221 e.